The van der Waals surface area contributed by atoms with Gasteiger partial charge in [0.1, 0.15) is 12.4 Å². The van der Waals surface area contributed by atoms with E-state index in [2.05, 4.69) is 0 Å². The minimum absolute atomic E-state index is 0.193. The molecule has 0 aliphatic carbocycles. The second kappa shape index (κ2) is 6.51. The van der Waals surface area contributed by atoms with Crippen LogP contribution in [0, 0.1) is 5.82 Å². The van der Waals surface area contributed by atoms with Gasteiger partial charge in [-0.2, -0.15) is 0 Å². The zero-order valence-electron chi connectivity index (χ0n) is 12.8. The van der Waals surface area contributed by atoms with Gasteiger partial charge in [-0.05, 0) is 24.3 Å². The first-order valence-electron chi connectivity index (χ1n) is 7.28. The van der Waals surface area contributed by atoms with Crippen LogP contribution in [0.2, 0.25) is 10.0 Å². The average molecular weight is 368 g/mol. The Balaban J connectivity index is 1.75. The molecule has 24 heavy (non-hydrogen) atoms. The van der Waals surface area contributed by atoms with E-state index in [0.717, 1.165) is 10.5 Å². The van der Waals surface area contributed by atoms with E-state index in [1.165, 1.54) is 29.2 Å². The molecule has 2 aromatic carbocycles. The Kier molecular flexibility index (Phi) is 4.58. The van der Waals surface area contributed by atoms with Gasteiger partial charge >= 0.3 is 0 Å². The molecule has 1 heterocycles. The normalized spacial score (nSPS) is 14.9. The molecule has 1 unspecified atom stereocenters. The summed E-state index contributed by atoms with van der Waals surface area (Å²) in [6.07, 6.45) is 0. The van der Waals surface area contributed by atoms with Crippen molar-refractivity contribution in [3.63, 3.8) is 0 Å². The smallest absolute Gasteiger partial charge is 0.266 e. The third-order valence-corrected chi connectivity index (χ3v) is 4.58. The lowest BCUT2D eigenvalue weighted by Crippen LogP contribution is -3.09. The molecule has 0 spiro atoms. The molecule has 0 fully saturated rings. The van der Waals surface area contributed by atoms with Crippen LogP contribution in [0.25, 0.3) is 0 Å². The van der Waals surface area contributed by atoms with E-state index >= 15 is 0 Å². The maximum absolute atomic E-state index is 12.9. The zero-order valence-corrected chi connectivity index (χ0v) is 14.3. The highest BCUT2D eigenvalue weighted by Crippen LogP contribution is 2.31. The van der Waals surface area contributed by atoms with Gasteiger partial charge in [-0.15, -0.1) is 0 Å². The van der Waals surface area contributed by atoms with Gasteiger partial charge in [-0.25, -0.2) is 9.29 Å². The maximum atomic E-state index is 12.9. The topological polar surface area (TPSA) is 41.8 Å². The Morgan fingerprint density at radius 2 is 1.50 bits per heavy atom. The fourth-order valence-electron chi connectivity index (χ4n) is 2.70. The number of halogens is 3. The van der Waals surface area contributed by atoms with E-state index in [1.54, 1.807) is 12.1 Å². The number of nitrogens with one attached hydrogen (secondary N) is 1. The number of amides is 2. The molecule has 2 aromatic rings. The highest BCUT2D eigenvalue weighted by molar-refractivity contribution is 6.43. The van der Waals surface area contributed by atoms with Crippen molar-refractivity contribution in [1.29, 1.82) is 0 Å². The van der Waals surface area contributed by atoms with E-state index in [1.807, 2.05) is 7.05 Å². The Hall–Kier alpha value is -1.95. The van der Waals surface area contributed by atoms with Crippen LogP contribution in [-0.2, 0) is 6.54 Å². The number of nitrogens with zero attached hydrogens (tertiary/aromatic N) is 1. The molecule has 3 rings (SSSR count). The molecule has 0 radical (unpaired) electrons. The van der Waals surface area contributed by atoms with Crippen LogP contribution in [0.15, 0.2) is 36.4 Å². The highest BCUT2D eigenvalue weighted by Gasteiger charge is 2.38. The molecule has 2 amide bonds. The summed E-state index contributed by atoms with van der Waals surface area (Å²) < 4.78 is 12.9. The van der Waals surface area contributed by atoms with E-state index in [4.69, 9.17) is 23.2 Å². The van der Waals surface area contributed by atoms with Crippen LogP contribution < -0.4 is 4.90 Å². The first-order chi connectivity index (χ1) is 11.4. The molecular formula is C17H14Cl2FN2O2+. The number of imide groups is 1. The summed E-state index contributed by atoms with van der Waals surface area (Å²) in [5, 5.41) is 0.482. The molecule has 0 saturated carbocycles. The molecule has 4 nitrogen and oxygen atoms in total. The Morgan fingerprint density at radius 1 is 1.00 bits per heavy atom. The lowest BCUT2D eigenvalue weighted by Gasteiger charge is -2.20. The van der Waals surface area contributed by atoms with Crippen LogP contribution in [0.3, 0.4) is 0 Å². The number of carbonyl (C=O) groups is 2. The van der Waals surface area contributed by atoms with Gasteiger partial charge in [-0.3, -0.25) is 9.59 Å². The van der Waals surface area contributed by atoms with Crippen molar-refractivity contribution in [2.75, 3.05) is 13.7 Å². The summed E-state index contributed by atoms with van der Waals surface area (Å²) in [5.74, 6) is -1.07. The van der Waals surface area contributed by atoms with Gasteiger partial charge in [0.15, 0.2) is 6.67 Å². The van der Waals surface area contributed by atoms with Gasteiger partial charge in [0.2, 0.25) is 0 Å². The molecule has 124 valence electrons. The lowest BCUT2D eigenvalue weighted by atomic mass is 10.1. The predicted molar refractivity (Wildman–Crippen MR) is 88.8 cm³/mol. The number of quaternary nitrogens is 1. The van der Waals surface area contributed by atoms with Gasteiger partial charge < -0.3 is 4.90 Å². The van der Waals surface area contributed by atoms with E-state index in [-0.39, 0.29) is 45.5 Å². The fourth-order valence-corrected chi connectivity index (χ4v) is 3.03. The Morgan fingerprint density at radius 3 is 2.00 bits per heavy atom. The number of rotatable bonds is 4. The second-order valence-electron chi connectivity index (χ2n) is 5.77. The summed E-state index contributed by atoms with van der Waals surface area (Å²) in [7, 11) is 1.85. The molecule has 1 aliphatic rings. The predicted octanol–water partition coefficient (Wildman–Crippen LogP) is 2.40. The monoisotopic (exact) mass is 367 g/mol. The van der Waals surface area contributed by atoms with Crippen molar-refractivity contribution < 1.29 is 18.9 Å². The molecule has 1 aliphatic heterocycles. The molecular weight excluding hydrogens is 354 g/mol. The second-order valence-corrected chi connectivity index (χ2v) is 6.58. The minimum Gasteiger partial charge on any atom is -0.316 e. The standard InChI is InChI=1S/C17H13Cl2FN2O2/c1-21(8-10-2-4-11(20)5-3-10)9-22-16(23)12-6-14(18)15(19)7-13(12)17(22)24/h2-7H,8-9H2,1H3/p+1. The number of fused-ring (bicyclic) bond motifs is 1. The van der Waals surface area contributed by atoms with Crippen molar-refractivity contribution in [3.05, 3.63) is 69.0 Å². The summed E-state index contributed by atoms with van der Waals surface area (Å²) >= 11 is 11.9. The van der Waals surface area contributed by atoms with Crippen molar-refractivity contribution >= 4 is 35.0 Å². The zero-order chi connectivity index (χ0) is 17.4. The lowest BCUT2D eigenvalue weighted by molar-refractivity contribution is -0.901. The van der Waals surface area contributed by atoms with Gasteiger partial charge in [0, 0.05) is 5.56 Å². The first-order valence-corrected chi connectivity index (χ1v) is 8.03. The molecule has 1 atom stereocenters. The maximum Gasteiger partial charge on any atom is 0.266 e. The molecule has 0 saturated heterocycles. The van der Waals surface area contributed by atoms with Crippen LogP contribution in [0.5, 0.6) is 0 Å². The SMILES string of the molecule is C[NH+](Cc1ccc(F)cc1)CN1C(=O)c2cc(Cl)c(Cl)cc2C1=O. The number of benzene rings is 2. The van der Waals surface area contributed by atoms with Crippen molar-refractivity contribution in [2.45, 2.75) is 6.54 Å². The van der Waals surface area contributed by atoms with Crippen LogP contribution >= 0.6 is 23.2 Å². The first kappa shape index (κ1) is 16.9. The summed E-state index contributed by atoms with van der Waals surface area (Å²) in [4.78, 5) is 27.0. The van der Waals surface area contributed by atoms with Gasteiger partial charge in [-0.1, -0.05) is 35.3 Å². The average Bonchev–Trinajstić information content (AvgIpc) is 2.75. The largest absolute Gasteiger partial charge is 0.316 e. The van der Waals surface area contributed by atoms with Crippen LogP contribution in [0.1, 0.15) is 26.3 Å². The van der Waals surface area contributed by atoms with Crippen LogP contribution in [-0.4, -0.2) is 30.4 Å². The summed E-state index contributed by atoms with van der Waals surface area (Å²) in [6, 6.07) is 8.98. The van der Waals surface area contributed by atoms with Crippen molar-refractivity contribution in [1.82, 2.24) is 4.90 Å². The molecule has 0 bridgehead atoms. The quantitative estimate of drug-likeness (QED) is 0.843. The number of carbonyl (C=O) groups excluding carboxylic acids is 2. The minimum atomic E-state index is -0.382. The molecule has 7 heteroatoms. The number of hydrogen-bond acceptors (Lipinski definition) is 2. The molecule has 1 N–H and O–H groups in total. The van der Waals surface area contributed by atoms with Crippen molar-refractivity contribution in [3.8, 4) is 0 Å². The Bertz CT molecular complexity index is 783. The van der Waals surface area contributed by atoms with E-state index in [9.17, 15) is 14.0 Å². The highest BCUT2D eigenvalue weighted by atomic mass is 35.5. The van der Waals surface area contributed by atoms with Crippen LogP contribution in [0.4, 0.5) is 4.39 Å². The van der Waals surface area contributed by atoms with Crippen molar-refractivity contribution in [2.24, 2.45) is 0 Å². The third-order valence-electron chi connectivity index (χ3n) is 3.86. The van der Waals surface area contributed by atoms with Gasteiger partial charge in [0.25, 0.3) is 11.8 Å². The molecule has 0 aromatic heterocycles. The summed E-state index contributed by atoms with van der Waals surface area (Å²) in [6.45, 7) is 0.744. The van der Waals surface area contributed by atoms with Gasteiger partial charge in [0.05, 0.1) is 28.2 Å². The number of hydrogen-bond donors (Lipinski definition) is 1. The summed E-state index contributed by atoms with van der Waals surface area (Å²) in [5.41, 5.74) is 1.45. The van der Waals surface area contributed by atoms with E-state index < -0.39 is 0 Å². The third kappa shape index (κ3) is 3.15. The van der Waals surface area contributed by atoms with E-state index in [0.29, 0.717) is 6.54 Å². The fraction of sp³-hybridized carbons (Fsp3) is 0.176. The Labute approximate surface area is 148 Å².